The van der Waals surface area contributed by atoms with Crippen molar-refractivity contribution in [3.63, 3.8) is 0 Å². The molecule has 105 heavy (non-hydrogen) atoms. The quantitative estimate of drug-likeness (QED) is 0.0205. The van der Waals surface area contributed by atoms with E-state index in [2.05, 4.69) is 120 Å². The van der Waals surface area contributed by atoms with Crippen LogP contribution in [0.2, 0.25) is 0 Å². The van der Waals surface area contributed by atoms with E-state index in [1.807, 2.05) is 7.11 Å². The SMILES string of the molecule is COc1c(/C=C/C2=[N+](C)c3ccccc3C23CCCCC3)cc2c3c1CCCN3CCC2.O=C1C=C/C(=N\N=c2[n-]cc([N+](=O)[O-])s2)C(O)=C1.O=C1C=CC(=NN=c2[n-]cc([N+](=O)[O-])s2)C(O)=C1.O=[N+]([O-])c1cnc(N=Nc2ccc(O)cc2O)s1.O=[N+]([O-])c1cnc(N=Nc2ccc(O)cc2O)s1.[Co]. The first-order valence-corrected chi connectivity index (χ1v) is 34.2. The number of aliphatic hydroxyl groups excluding tert-OH is 2. The van der Waals surface area contributed by atoms with Crippen LogP contribution in [0.1, 0.15) is 67.2 Å². The van der Waals surface area contributed by atoms with Gasteiger partial charge < -0.3 is 60.4 Å². The number of ether oxygens (including phenoxy) is 1. The molecule has 4 aromatic heterocycles. The zero-order valence-corrected chi connectivity index (χ0v) is 59.1. The molecule has 3 aliphatic carbocycles. The van der Waals surface area contributed by atoms with Gasteiger partial charge in [-0.1, -0.05) is 60.1 Å². The normalized spacial score (nSPS) is 16.5. The van der Waals surface area contributed by atoms with Crippen molar-refractivity contribution in [1.29, 1.82) is 0 Å². The number of aliphatic hydroxyl groups is 2. The Morgan fingerprint density at radius 1 is 0.600 bits per heavy atom. The molecule has 35 nitrogen and oxygen atoms in total. The van der Waals surface area contributed by atoms with Crippen LogP contribution in [0.4, 0.5) is 53.0 Å². The van der Waals surface area contributed by atoms with Gasteiger partial charge in [0, 0.05) is 111 Å². The van der Waals surface area contributed by atoms with E-state index in [1.54, 1.807) is 0 Å². The maximum atomic E-state index is 10.9. The zero-order chi connectivity index (χ0) is 74.2. The van der Waals surface area contributed by atoms with E-state index in [0.717, 1.165) is 107 Å². The number of rotatable bonds is 13. The van der Waals surface area contributed by atoms with E-state index in [1.165, 1.54) is 152 Å². The van der Waals surface area contributed by atoms with Crippen molar-refractivity contribution < 1.29 is 86.0 Å². The van der Waals surface area contributed by atoms with Crippen molar-refractivity contribution in [2.75, 3.05) is 32.1 Å². The van der Waals surface area contributed by atoms with Gasteiger partial charge in [-0.2, -0.15) is 4.58 Å². The summed E-state index contributed by atoms with van der Waals surface area (Å²) in [6.07, 6.45) is 27.4. The van der Waals surface area contributed by atoms with Gasteiger partial charge in [0.15, 0.2) is 17.3 Å². The van der Waals surface area contributed by atoms with E-state index in [9.17, 15) is 70.5 Å². The van der Waals surface area contributed by atoms with Gasteiger partial charge in [0.05, 0.1) is 32.2 Å². The molecule has 40 heteroatoms. The number of phenolic OH excluding ortho intramolecular Hbond substituents is 4. The Labute approximate surface area is 618 Å². The van der Waals surface area contributed by atoms with Crippen LogP contribution in [0.25, 0.3) is 6.08 Å². The Hall–Kier alpha value is -12.2. The van der Waals surface area contributed by atoms with Gasteiger partial charge in [-0.15, -0.1) is 20.5 Å². The van der Waals surface area contributed by atoms with E-state index in [0.29, 0.717) is 0 Å². The van der Waals surface area contributed by atoms with Gasteiger partial charge >= 0.3 is 20.0 Å². The van der Waals surface area contributed by atoms with Crippen LogP contribution in [-0.2, 0) is 44.6 Å². The first-order chi connectivity index (χ1) is 50.0. The molecule has 6 aliphatic rings. The number of carbonyl (C=O) groups excluding carboxylic acids is 2. The fourth-order valence-corrected chi connectivity index (χ4v) is 13.6. The minimum atomic E-state index is -0.583. The number of phenols is 4. The molecule has 0 saturated heterocycles. The van der Waals surface area contributed by atoms with Gasteiger partial charge in [0.1, 0.15) is 82.5 Å². The van der Waals surface area contributed by atoms with Gasteiger partial charge in [0.25, 0.3) is 0 Å². The Balaban J connectivity index is 0.000000156. The minimum Gasteiger partial charge on any atom is -0.508 e. The summed E-state index contributed by atoms with van der Waals surface area (Å²) in [5.41, 5.74) is 10.7. The third kappa shape index (κ3) is 19.3. The van der Waals surface area contributed by atoms with E-state index in [4.69, 9.17) is 14.9 Å². The van der Waals surface area contributed by atoms with E-state index < -0.39 is 19.7 Å². The molecule has 1 spiro atoms. The van der Waals surface area contributed by atoms with E-state index >= 15 is 0 Å². The monoisotopic (exact) mass is 1550 g/mol. The summed E-state index contributed by atoms with van der Waals surface area (Å²) in [7, 11) is 4.11. The molecule has 6 N–H and O–H groups in total. The summed E-state index contributed by atoms with van der Waals surface area (Å²) in [4.78, 5) is 78.6. The second-order valence-electron chi connectivity index (χ2n) is 22.5. The van der Waals surface area contributed by atoms with Crippen LogP contribution in [0.3, 0.4) is 0 Å². The van der Waals surface area contributed by atoms with Gasteiger partial charge in [-0.25, -0.2) is 9.97 Å². The number of ketones is 2. The number of anilines is 1. The molecule has 7 heterocycles. The second-order valence-corrected chi connectivity index (χ2v) is 26.5. The maximum absolute atomic E-state index is 10.9. The van der Waals surface area contributed by atoms with Gasteiger partial charge in [0.2, 0.25) is 16.0 Å². The average molecular weight is 1550 g/mol. The van der Waals surface area contributed by atoms with Crippen molar-refractivity contribution in [3.8, 4) is 28.7 Å². The van der Waals surface area contributed by atoms with Crippen LogP contribution < -0.4 is 29.2 Å². The van der Waals surface area contributed by atoms with Crippen LogP contribution in [0.5, 0.6) is 28.7 Å². The molecule has 4 aromatic carbocycles. The molecule has 1 radical (unpaired) electrons. The molecule has 14 rings (SSSR count). The molecular formula is C65H57CoN18O17S4-. The number of hydrogen-bond donors (Lipinski definition) is 6. The third-order valence-electron chi connectivity index (χ3n) is 15.9. The van der Waals surface area contributed by atoms with E-state index in [-0.39, 0.29) is 131 Å². The smallest absolute Gasteiger partial charge is 0.345 e. The number of carbonyl (C=O) groups is 2. The number of methoxy groups -OCH3 is 1. The van der Waals surface area contributed by atoms with Crippen molar-refractivity contribution in [1.82, 2.24) is 19.9 Å². The summed E-state index contributed by atoms with van der Waals surface area (Å²) in [6, 6.07) is 19.1. The Kier molecular flexibility index (Phi) is 25.7. The van der Waals surface area contributed by atoms with Gasteiger partial charge in [-0.3, -0.25) is 60.2 Å². The average Bonchev–Trinajstić information content (AvgIpc) is 1.62. The van der Waals surface area contributed by atoms with Crippen molar-refractivity contribution >= 4 is 133 Å². The molecule has 0 unspecified atom stereocenters. The molecular weight excluding hydrogens is 1490 g/mol. The number of thiazole rings is 4. The number of aromatic hydroxyl groups is 4. The zero-order valence-electron chi connectivity index (χ0n) is 54.7. The number of azo groups is 2. The van der Waals surface area contributed by atoms with Crippen LogP contribution in [0.15, 0.2) is 186 Å². The number of hydrogen-bond acceptors (Lipinski definition) is 32. The molecule has 8 aromatic rings. The number of allylic oxidation sites excluding steroid dienone is 7. The summed E-state index contributed by atoms with van der Waals surface area (Å²) in [5.74, 6) is -0.910. The largest absolute Gasteiger partial charge is 0.508 e. The topological polar surface area (TPSA) is 496 Å². The Bertz CT molecular complexity index is 4940. The Morgan fingerprint density at radius 2 is 1.10 bits per heavy atom. The molecule has 1 fully saturated rings. The Morgan fingerprint density at radius 3 is 1.55 bits per heavy atom. The summed E-state index contributed by atoms with van der Waals surface area (Å²) < 4.78 is 8.51. The fourth-order valence-electron chi connectivity index (χ4n) is 11.4. The number of nitrogens with zero attached hydrogens (tertiary/aromatic N) is 18. The minimum absolute atomic E-state index is 0. The van der Waals surface area contributed by atoms with Crippen LogP contribution in [-0.4, -0.2) is 121 Å². The number of aryl methyl sites for hydroxylation is 1. The number of nitro groups is 4. The molecule has 0 bridgehead atoms. The van der Waals surface area contributed by atoms with Crippen molar-refractivity contribution in [3.05, 3.63) is 218 Å². The standard InChI is InChI=1S/C29H35N2O.4C9H6N4O4S.Co/c1-30-25-13-5-4-12-24(25)29(16-6-3-7-17-29)26(30)15-14-22-20-21-10-8-18-31-19-9-11-23(27(21)31)28(22)32-2;4*14-5-1-2-6(7(15)3-5)11-12-9-10-4-8(18-9)13(16)17;/h4-5,12-15,20H,3,6-11,16-19H2,1-2H3;2*1-4H,(H2,10,12,14,15);2*1-4,14-15H;/q+1;;;;;/p-2. The molecule has 3 aliphatic heterocycles. The molecule has 1 saturated carbocycles. The number of para-hydroxylation sites is 1. The maximum Gasteiger partial charge on any atom is 0.345 e. The number of aromatic nitrogens is 4. The predicted octanol–water partition coefficient (Wildman–Crippen LogP) is 12.7. The molecule has 0 amide bonds. The first kappa shape index (κ1) is 76.9. The van der Waals surface area contributed by atoms with Gasteiger partial charge in [-0.05, 0) is 127 Å². The molecule has 0 atom stereocenters. The number of fused-ring (bicyclic) bond motifs is 2. The molecule has 543 valence electrons. The predicted molar refractivity (Wildman–Crippen MR) is 383 cm³/mol. The first-order valence-electron chi connectivity index (χ1n) is 31.0. The fraction of sp³-hybridized carbons (Fsp3) is 0.215. The van der Waals surface area contributed by atoms with Crippen molar-refractivity contribution in [2.24, 2.45) is 40.9 Å². The summed E-state index contributed by atoms with van der Waals surface area (Å²) in [5, 5.41) is 126. The third-order valence-corrected chi connectivity index (χ3v) is 19.2. The van der Waals surface area contributed by atoms with Crippen LogP contribution in [0, 0.1) is 40.5 Å². The summed E-state index contributed by atoms with van der Waals surface area (Å²) in [6.45, 7) is 2.39. The number of benzene rings is 4. The second kappa shape index (κ2) is 35.1. The van der Waals surface area contributed by atoms with Crippen LogP contribution >= 0.6 is 45.3 Å². The van der Waals surface area contributed by atoms with Crippen molar-refractivity contribution in [2.45, 2.75) is 63.2 Å². The summed E-state index contributed by atoms with van der Waals surface area (Å²) >= 11 is 3.05.